The molecule has 110 valence electrons. The number of rotatable bonds is 5. The molecule has 1 aliphatic rings. The number of likely N-dealkylation sites (N-methyl/N-ethyl adjacent to an activating group) is 1. The quantitative estimate of drug-likeness (QED) is 0.821. The number of ketones is 1. The van der Waals surface area contributed by atoms with Crippen molar-refractivity contribution in [1.29, 1.82) is 0 Å². The molecule has 0 aromatic heterocycles. The lowest BCUT2D eigenvalue weighted by Crippen LogP contribution is -2.38. The van der Waals surface area contributed by atoms with E-state index in [-0.39, 0.29) is 18.0 Å². The fourth-order valence-corrected chi connectivity index (χ4v) is 3.00. The molecule has 0 atom stereocenters. The van der Waals surface area contributed by atoms with E-state index in [1.807, 2.05) is 7.05 Å². The smallest absolute Gasteiger partial charge is 0.151 e. The van der Waals surface area contributed by atoms with Crippen molar-refractivity contribution in [2.75, 3.05) is 13.6 Å². The lowest BCUT2D eigenvalue weighted by Gasteiger charge is -2.33. The molecule has 20 heavy (non-hydrogen) atoms. The Morgan fingerprint density at radius 3 is 2.55 bits per heavy atom. The highest BCUT2D eigenvalue weighted by Gasteiger charge is 2.23. The molecule has 3 heteroatoms. The maximum absolute atomic E-state index is 13.5. The Hall–Kier alpha value is -1.22. The minimum atomic E-state index is -0.282. The van der Waals surface area contributed by atoms with Gasteiger partial charge in [-0.2, -0.15) is 0 Å². The summed E-state index contributed by atoms with van der Waals surface area (Å²) in [4.78, 5) is 14.2. The molecule has 0 unspecified atom stereocenters. The predicted molar refractivity (Wildman–Crippen MR) is 79.2 cm³/mol. The molecule has 0 aliphatic heterocycles. The summed E-state index contributed by atoms with van der Waals surface area (Å²) in [6.45, 7) is 2.72. The van der Waals surface area contributed by atoms with Crippen molar-refractivity contribution >= 4 is 5.78 Å². The van der Waals surface area contributed by atoms with Crippen LogP contribution in [0.15, 0.2) is 24.3 Å². The van der Waals surface area contributed by atoms with E-state index in [1.54, 1.807) is 18.2 Å². The first-order valence-corrected chi connectivity index (χ1v) is 7.51. The normalized spacial score (nSPS) is 23.0. The van der Waals surface area contributed by atoms with Crippen LogP contribution in [0.3, 0.4) is 0 Å². The van der Waals surface area contributed by atoms with Crippen molar-refractivity contribution < 1.29 is 9.18 Å². The van der Waals surface area contributed by atoms with E-state index in [4.69, 9.17) is 0 Å². The minimum Gasteiger partial charge on any atom is -0.298 e. The van der Waals surface area contributed by atoms with Gasteiger partial charge in [-0.15, -0.1) is 0 Å². The number of carbonyl (C=O) groups excluding carboxylic acids is 1. The van der Waals surface area contributed by atoms with Crippen LogP contribution in [0.25, 0.3) is 0 Å². The van der Waals surface area contributed by atoms with Crippen molar-refractivity contribution in [2.45, 2.75) is 45.1 Å². The number of nitrogens with zero attached hydrogens (tertiary/aromatic N) is 1. The van der Waals surface area contributed by atoms with Gasteiger partial charge in [0.15, 0.2) is 5.78 Å². The lowest BCUT2D eigenvalue weighted by atomic mass is 9.86. The summed E-state index contributed by atoms with van der Waals surface area (Å²) in [5.41, 5.74) is 0.503. The highest BCUT2D eigenvalue weighted by molar-refractivity contribution is 5.82. The van der Waals surface area contributed by atoms with Crippen molar-refractivity contribution in [3.63, 3.8) is 0 Å². The standard InChI is InChI=1S/C17H24FNO/c1-13-7-9-15(10-8-13)19(2)12-16(20)11-14-5-3-4-6-17(14)18/h3-6,13,15H,7-12H2,1-2H3. The second-order valence-corrected chi connectivity index (χ2v) is 6.14. The summed E-state index contributed by atoms with van der Waals surface area (Å²) >= 11 is 0. The molecule has 1 aromatic carbocycles. The highest BCUT2D eigenvalue weighted by Crippen LogP contribution is 2.26. The molecule has 1 saturated carbocycles. The molecule has 0 radical (unpaired) electrons. The van der Waals surface area contributed by atoms with Crippen LogP contribution in [0.2, 0.25) is 0 Å². The van der Waals surface area contributed by atoms with E-state index in [1.165, 1.54) is 31.7 Å². The number of carbonyl (C=O) groups is 1. The zero-order valence-electron chi connectivity index (χ0n) is 12.4. The minimum absolute atomic E-state index is 0.0937. The summed E-state index contributed by atoms with van der Waals surface area (Å²) in [6, 6.07) is 7.04. The van der Waals surface area contributed by atoms with Crippen LogP contribution in [-0.2, 0) is 11.2 Å². The van der Waals surface area contributed by atoms with Gasteiger partial charge in [0.25, 0.3) is 0 Å². The predicted octanol–water partition coefficient (Wildman–Crippen LogP) is 3.45. The van der Waals surface area contributed by atoms with E-state index in [0.717, 1.165) is 5.92 Å². The van der Waals surface area contributed by atoms with Gasteiger partial charge in [-0.1, -0.05) is 25.1 Å². The van der Waals surface area contributed by atoms with Crippen molar-refractivity contribution in [2.24, 2.45) is 5.92 Å². The Bertz CT molecular complexity index is 452. The van der Waals surface area contributed by atoms with Gasteiger partial charge in [0.2, 0.25) is 0 Å². The molecule has 2 nitrogen and oxygen atoms in total. The largest absolute Gasteiger partial charge is 0.298 e. The van der Waals surface area contributed by atoms with Crippen LogP contribution in [0.1, 0.15) is 38.2 Å². The summed E-state index contributed by atoms with van der Waals surface area (Å²) < 4.78 is 13.5. The Morgan fingerprint density at radius 1 is 1.25 bits per heavy atom. The van der Waals surface area contributed by atoms with Crippen molar-refractivity contribution in [1.82, 2.24) is 4.90 Å². The number of hydrogen-bond acceptors (Lipinski definition) is 2. The van der Waals surface area contributed by atoms with E-state index < -0.39 is 0 Å². The summed E-state index contributed by atoms with van der Waals surface area (Å²) in [7, 11) is 2.01. The second kappa shape index (κ2) is 6.98. The molecule has 1 aliphatic carbocycles. The number of halogens is 1. The molecule has 0 saturated heterocycles. The van der Waals surface area contributed by atoms with Crippen LogP contribution in [-0.4, -0.2) is 30.3 Å². The van der Waals surface area contributed by atoms with Gasteiger partial charge in [0.1, 0.15) is 5.82 Å². The van der Waals surface area contributed by atoms with Gasteiger partial charge >= 0.3 is 0 Å². The molecule has 0 amide bonds. The summed E-state index contributed by atoms with van der Waals surface area (Å²) in [6.07, 6.45) is 5.03. The zero-order valence-corrected chi connectivity index (χ0v) is 12.4. The van der Waals surface area contributed by atoms with Gasteiger partial charge in [0.05, 0.1) is 6.54 Å². The fourth-order valence-electron chi connectivity index (χ4n) is 3.00. The molecule has 0 spiro atoms. The molecule has 1 fully saturated rings. The third kappa shape index (κ3) is 4.14. The third-order valence-corrected chi connectivity index (χ3v) is 4.38. The number of benzene rings is 1. The Labute approximate surface area is 121 Å². The molecule has 0 bridgehead atoms. The first-order chi connectivity index (χ1) is 9.56. The Morgan fingerprint density at radius 2 is 1.90 bits per heavy atom. The number of Topliss-reactive ketones (excluding diaryl/α,β-unsaturated/α-hetero) is 1. The van der Waals surface area contributed by atoms with Gasteiger partial charge < -0.3 is 0 Å². The van der Waals surface area contributed by atoms with E-state index >= 15 is 0 Å². The average Bonchev–Trinajstić information content (AvgIpc) is 2.42. The topological polar surface area (TPSA) is 20.3 Å². The van der Waals surface area contributed by atoms with Gasteiger partial charge in [-0.3, -0.25) is 9.69 Å². The first-order valence-electron chi connectivity index (χ1n) is 7.51. The van der Waals surface area contributed by atoms with Gasteiger partial charge in [-0.05, 0) is 50.3 Å². The molecule has 2 rings (SSSR count). The van der Waals surface area contributed by atoms with Gasteiger partial charge in [-0.25, -0.2) is 4.39 Å². The maximum atomic E-state index is 13.5. The molecule has 0 N–H and O–H groups in total. The average molecular weight is 277 g/mol. The molecular weight excluding hydrogens is 253 g/mol. The maximum Gasteiger partial charge on any atom is 0.151 e. The van der Waals surface area contributed by atoms with E-state index in [2.05, 4.69) is 11.8 Å². The van der Waals surface area contributed by atoms with Crippen LogP contribution >= 0.6 is 0 Å². The first kappa shape index (κ1) is 15.2. The van der Waals surface area contributed by atoms with Crippen LogP contribution in [0.5, 0.6) is 0 Å². The lowest BCUT2D eigenvalue weighted by molar-refractivity contribution is -0.120. The van der Waals surface area contributed by atoms with Crippen molar-refractivity contribution in [3.8, 4) is 0 Å². The van der Waals surface area contributed by atoms with Gasteiger partial charge in [0, 0.05) is 12.5 Å². The Kier molecular flexibility index (Phi) is 5.30. The summed E-state index contributed by atoms with van der Waals surface area (Å²) in [5, 5.41) is 0. The fraction of sp³-hybridized carbons (Fsp3) is 0.588. The SMILES string of the molecule is CC1CCC(N(C)CC(=O)Cc2ccccc2F)CC1. The molecular formula is C17H24FNO. The van der Waals surface area contributed by atoms with Crippen LogP contribution < -0.4 is 0 Å². The number of hydrogen-bond donors (Lipinski definition) is 0. The summed E-state index contributed by atoms with van der Waals surface area (Å²) in [5.74, 6) is 0.625. The highest BCUT2D eigenvalue weighted by atomic mass is 19.1. The van der Waals surface area contributed by atoms with Crippen LogP contribution in [0, 0.1) is 11.7 Å². The second-order valence-electron chi connectivity index (χ2n) is 6.14. The van der Waals surface area contributed by atoms with E-state index in [0.29, 0.717) is 18.2 Å². The van der Waals surface area contributed by atoms with Crippen LogP contribution in [0.4, 0.5) is 4.39 Å². The zero-order chi connectivity index (χ0) is 14.5. The molecule has 1 aromatic rings. The molecule has 0 heterocycles. The third-order valence-electron chi connectivity index (χ3n) is 4.38. The Balaban J connectivity index is 1.84. The van der Waals surface area contributed by atoms with Crippen molar-refractivity contribution in [3.05, 3.63) is 35.6 Å². The van der Waals surface area contributed by atoms with E-state index in [9.17, 15) is 9.18 Å². The monoisotopic (exact) mass is 277 g/mol.